The molecule has 5 heteroatoms. The van der Waals surface area contributed by atoms with Crippen molar-refractivity contribution in [3.05, 3.63) is 34.9 Å². The number of hydrogen-bond donors (Lipinski definition) is 1. The van der Waals surface area contributed by atoms with Gasteiger partial charge < -0.3 is 5.32 Å². The third kappa shape index (κ3) is 5.02. The lowest BCUT2D eigenvalue weighted by Gasteiger charge is -2.24. The van der Waals surface area contributed by atoms with Crippen LogP contribution in [0.4, 0.5) is 13.2 Å². The minimum atomic E-state index is -4.28. The number of nitrogens with one attached hydrogen (secondary N) is 1. The topological polar surface area (TPSA) is 12.0 Å². The molecule has 0 spiro atoms. The maximum atomic E-state index is 12.7. The minimum Gasteiger partial charge on any atom is -0.312 e. The van der Waals surface area contributed by atoms with Crippen LogP contribution in [0.15, 0.2) is 18.2 Å². The van der Waals surface area contributed by atoms with E-state index in [9.17, 15) is 13.2 Å². The van der Waals surface area contributed by atoms with Gasteiger partial charge in [-0.15, -0.1) is 0 Å². The van der Waals surface area contributed by atoms with Gasteiger partial charge in [-0.25, -0.2) is 0 Å². The smallest absolute Gasteiger partial charge is 0.312 e. The van der Waals surface area contributed by atoms with Crippen LogP contribution in [0.5, 0.6) is 0 Å². The Hall–Kier alpha value is -0.680. The van der Waals surface area contributed by atoms with Crippen LogP contribution in [0, 0.1) is 6.92 Å². The van der Waals surface area contributed by atoms with E-state index in [1.807, 2.05) is 7.05 Å². The summed E-state index contributed by atoms with van der Waals surface area (Å²) in [6, 6.07) is 4.03. The van der Waals surface area contributed by atoms with Gasteiger partial charge in [0.15, 0.2) is 0 Å². The molecule has 0 amide bonds. The normalized spacial score (nSPS) is 14.4. The van der Waals surface area contributed by atoms with Gasteiger partial charge in [-0.1, -0.05) is 26.8 Å². The molecular formula is C15H22F3NS. The quantitative estimate of drug-likeness (QED) is 0.857. The van der Waals surface area contributed by atoms with Gasteiger partial charge in [0.25, 0.3) is 0 Å². The molecule has 0 aliphatic rings. The molecule has 0 bridgehead atoms. The number of halogens is 3. The Balaban J connectivity index is 2.94. The standard InChI is InChI=1S/C15H22F3NS/c1-10-8-11(15(16,17)18)6-7-12(10)13(19-5)9-20-14(2,3)4/h6-8,13,19H,9H2,1-5H3. The molecule has 0 radical (unpaired) electrons. The molecule has 1 aromatic carbocycles. The van der Waals surface area contributed by atoms with Crippen LogP contribution < -0.4 is 5.32 Å². The van der Waals surface area contributed by atoms with Crippen molar-refractivity contribution in [2.45, 2.75) is 44.7 Å². The summed E-state index contributed by atoms with van der Waals surface area (Å²) < 4.78 is 38.1. The van der Waals surface area contributed by atoms with E-state index in [0.717, 1.165) is 17.4 Å². The molecule has 1 nitrogen and oxygen atoms in total. The van der Waals surface area contributed by atoms with E-state index in [-0.39, 0.29) is 10.8 Å². The second-order valence-electron chi connectivity index (χ2n) is 5.83. The summed E-state index contributed by atoms with van der Waals surface area (Å²) in [6.07, 6.45) is -4.28. The van der Waals surface area contributed by atoms with Gasteiger partial charge in [0, 0.05) is 16.5 Å². The van der Waals surface area contributed by atoms with E-state index in [4.69, 9.17) is 0 Å². The summed E-state index contributed by atoms with van der Waals surface area (Å²) in [6.45, 7) is 8.12. The van der Waals surface area contributed by atoms with E-state index in [1.54, 1.807) is 24.8 Å². The van der Waals surface area contributed by atoms with E-state index >= 15 is 0 Å². The fourth-order valence-electron chi connectivity index (χ4n) is 1.90. The van der Waals surface area contributed by atoms with Gasteiger partial charge in [0.05, 0.1) is 5.56 Å². The van der Waals surface area contributed by atoms with Crippen LogP contribution in [-0.4, -0.2) is 17.5 Å². The monoisotopic (exact) mass is 305 g/mol. The van der Waals surface area contributed by atoms with Crippen LogP contribution >= 0.6 is 11.8 Å². The molecule has 1 N–H and O–H groups in total. The molecule has 0 fully saturated rings. The Kier molecular flexibility index (Phi) is 5.55. The van der Waals surface area contributed by atoms with Gasteiger partial charge in [0.1, 0.15) is 0 Å². The molecule has 0 aliphatic carbocycles. The molecule has 114 valence electrons. The van der Waals surface area contributed by atoms with Crippen molar-refractivity contribution in [2.75, 3.05) is 12.8 Å². The highest BCUT2D eigenvalue weighted by atomic mass is 32.2. The zero-order valence-electron chi connectivity index (χ0n) is 12.6. The van der Waals surface area contributed by atoms with Crippen LogP contribution in [0.25, 0.3) is 0 Å². The second kappa shape index (κ2) is 6.39. The van der Waals surface area contributed by atoms with Crippen molar-refractivity contribution < 1.29 is 13.2 Å². The highest BCUT2D eigenvalue weighted by Gasteiger charge is 2.31. The Morgan fingerprint density at radius 3 is 2.20 bits per heavy atom. The summed E-state index contributed by atoms with van der Waals surface area (Å²) in [4.78, 5) is 0. The van der Waals surface area contributed by atoms with E-state index in [0.29, 0.717) is 5.56 Å². The summed E-state index contributed by atoms with van der Waals surface area (Å²) in [7, 11) is 1.84. The highest BCUT2D eigenvalue weighted by molar-refractivity contribution is 8.00. The van der Waals surface area contributed by atoms with Gasteiger partial charge in [-0.2, -0.15) is 24.9 Å². The van der Waals surface area contributed by atoms with Crippen molar-refractivity contribution in [2.24, 2.45) is 0 Å². The molecule has 1 aromatic rings. The van der Waals surface area contributed by atoms with Crippen LogP contribution in [-0.2, 0) is 6.18 Å². The molecule has 1 atom stereocenters. The number of hydrogen-bond acceptors (Lipinski definition) is 2. The third-order valence-electron chi connectivity index (χ3n) is 3.00. The lowest BCUT2D eigenvalue weighted by molar-refractivity contribution is -0.137. The predicted molar refractivity (Wildman–Crippen MR) is 80.2 cm³/mol. The highest BCUT2D eigenvalue weighted by Crippen LogP contribution is 2.33. The Labute approximate surface area is 123 Å². The summed E-state index contributed by atoms with van der Waals surface area (Å²) in [5, 5.41) is 3.19. The Morgan fingerprint density at radius 2 is 1.80 bits per heavy atom. The zero-order chi connectivity index (χ0) is 15.6. The average Bonchev–Trinajstić information content (AvgIpc) is 2.28. The average molecular weight is 305 g/mol. The summed E-state index contributed by atoms with van der Waals surface area (Å²) >= 11 is 1.79. The van der Waals surface area contributed by atoms with Crippen molar-refractivity contribution in [1.29, 1.82) is 0 Å². The zero-order valence-corrected chi connectivity index (χ0v) is 13.4. The number of aryl methyl sites for hydroxylation is 1. The van der Waals surface area contributed by atoms with E-state index < -0.39 is 11.7 Å². The molecule has 0 heterocycles. The SMILES string of the molecule is CNC(CSC(C)(C)C)c1ccc(C(F)(F)F)cc1C. The summed E-state index contributed by atoms with van der Waals surface area (Å²) in [5.74, 6) is 0.826. The number of alkyl halides is 3. The van der Waals surface area contributed by atoms with E-state index in [1.165, 1.54) is 6.07 Å². The maximum absolute atomic E-state index is 12.7. The van der Waals surface area contributed by atoms with E-state index in [2.05, 4.69) is 26.1 Å². The third-order valence-corrected chi connectivity index (χ3v) is 4.37. The van der Waals surface area contributed by atoms with Gasteiger partial charge in [-0.05, 0) is 37.2 Å². The molecule has 0 saturated carbocycles. The van der Waals surface area contributed by atoms with Crippen LogP contribution in [0.3, 0.4) is 0 Å². The fourth-order valence-corrected chi connectivity index (χ4v) is 2.92. The van der Waals surface area contributed by atoms with Crippen molar-refractivity contribution in [3.63, 3.8) is 0 Å². The van der Waals surface area contributed by atoms with Crippen molar-refractivity contribution >= 4 is 11.8 Å². The number of benzene rings is 1. The second-order valence-corrected chi connectivity index (χ2v) is 7.68. The lowest BCUT2D eigenvalue weighted by Crippen LogP contribution is -2.23. The molecule has 0 aliphatic heterocycles. The molecule has 0 aromatic heterocycles. The Morgan fingerprint density at radius 1 is 1.20 bits per heavy atom. The fraction of sp³-hybridized carbons (Fsp3) is 0.600. The molecule has 0 saturated heterocycles. The van der Waals surface area contributed by atoms with Crippen LogP contribution in [0.2, 0.25) is 0 Å². The molecule has 1 unspecified atom stereocenters. The first-order valence-corrected chi connectivity index (χ1v) is 7.52. The molecule has 1 rings (SSSR count). The molecular weight excluding hydrogens is 283 g/mol. The minimum absolute atomic E-state index is 0.0570. The maximum Gasteiger partial charge on any atom is 0.416 e. The lowest BCUT2D eigenvalue weighted by atomic mass is 9.99. The molecule has 20 heavy (non-hydrogen) atoms. The first-order chi connectivity index (χ1) is 9.04. The van der Waals surface area contributed by atoms with Crippen molar-refractivity contribution in [1.82, 2.24) is 5.32 Å². The van der Waals surface area contributed by atoms with Crippen molar-refractivity contribution in [3.8, 4) is 0 Å². The van der Waals surface area contributed by atoms with Gasteiger partial charge >= 0.3 is 6.18 Å². The van der Waals surface area contributed by atoms with Crippen LogP contribution in [0.1, 0.15) is 43.5 Å². The van der Waals surface area contributed by atoms with Gasteiger partial charge in [0.2, 0.25) is 0 Å². The largest absolute Gasteiger partial charge is 0.416 e. The Bertz CT molecular complexity index is 449. The predicted octanol–water partition coefficient (Wildman–Crippen LogP) is 4.81. The first kappa shape index (κ1) is 17.4. The number of thioether (sulfide) groups is 1. The van der Waals surface area contributed by atoms with Gasteiger partial charge in [-0.3, -0.25) is 0 Å². The summed E-state index contributed by atoms with van der Waals surface area (Å²) in [5.41, 5.74) is 1.02. The first-order valence-electron chi connectivity index (χ1n) is 6.53. The number of rotatable bonds is 4.